The van der Waals surface area contributed by atoms with Crippen LogP contribution in [0.1, 0.15) is 11.3 Å². The number of rotatable bonds is 4. The standard InChI is InChI=1S/C21H16ClN3O/c22-15-7-4-14(5-8-15)6-11-20-19-10-9-18(13-21(19)25-24-20)26-17-3-1-2-16(23)12-17/h1-13H,23H2,(H,24,25). The maximum absolute atomic E-state index is 5.91. The minimum Gasteiger partial charge on any atom is -0.457 e. The first-order valence-electron chi connectivity index (χ1n) is 8.12. The van der Waals surface area contributed by atoms with E-state index >= 15 is 0 Å². The van der Waals surface area contributed by atoms with E-state index in [4.69, 9.17) is 22.1 Å². The van der Waals surface area contributed by atoms with Gasteiger partial charge in [0, 0.05) is 28.2 Å². The van der Waals surface area contributed by atoms with Crippen molar-refractivity contribution in [2.75, 3.05) is 5.73 Å². The third kappa shape index (κ3) is 3.55. The summed E-state index contributed by atoms with van der Waals surface area (Å²) in [4.78, 5) is 0. The first kappa shape index (κ1) is 16.2. The molecule has 0 saturated carbocycles. The summed E-state index contributed by atoms with van der Waals surface area (Å²) < 4.78 is 5.86. The van der Waals surface area contributed by atoms with Crippen LogP contribution >= 0.6 is 11.6 Å². The Labute approximate surface area is 155 Å². The van der Waals surface area contributed by atoms with Crippen molar-refractivity contribution in [1.82, 2.24) is 10.2 Å². The molecular formula is C21H16ClN3O. The van der Waals surface area contributed by atoms with Crippen LogP contribution in [0, 0.1) is 0 Å². The van der Waals surface area contributed by atoms with E-state index in [9.17, 15) is 0 Å². The van der Waals surface area contributed by atoms with Crippen LogP contribution in [-0.2, 0) is 0 Å². The number of H-pyrrole nitrogens is 1. The topological polar surface area (TPSA) is 63.9 Å². The molecule has 0 atom stereocenters. The summed E-state index contributed by atoms with van der Waals surface area (Å²) in [5, 5.41) is 9.17. The molecule has 1 aromatic heterocycles. The molecule has 26 heavy (non-hydrogen) atoms. The third-order valence-electron chi connectivity index (χ3n) is 3.96. The molecule has 0 aliphatic heterocycles. The van der Waals surface area contributed by atoms with Crippen LogP contribution in [0.2, 0.25) is 5.02 Å². The number of anilines is 1. The summed E-state index contributed by atoms with van der Waals surface area (Å²) in [5.41, 5.74) is 9.28. The lowest BCUT2D eigenvalue weighted by atomic mass is 10.1. The highest BCUT2D eigenvalue weighted by atomic mass is 35.5. The fourth-order valence-electron chi connectivity index (χ4n) is 2.67. The number of hydrogen-bond donors (Lipinski definition) is 2. The maximum Gasteiger partial charge on any atom is 0.129 e. The first-order chi connectivity index (χ1) is 12.7. The summed E-state index contributed by atoms with van der Waals surface area (Å²) in [6.45, 7) is 0. The quantitative estimate of drug-likeness (QED) is 0.454. The average molecular weight is 362 g/mol. The number of nitrogens with one attached hydrogen (secondary N) is 1. The van der Waals surface area contributed by atoms with Crippen LogP contribution in [0.3, 0.4) is 0 Å². The number of benzene rings is 3. The monoisotopic (exact) mass is 361 g/mol. The molecule has 5 heteroatoms. The van der Waals surface area contributed by atoms with E-state index in [1.165, 1.54) is 0 Å². The Balaban J connectivity index is 1.58. The number of ether oxygens (including phenoxy) is 1. The number of aromatic amines is 1. The predicted molar refractivity (Wildman–Crippen MR) is 107 cm³/mol. The molecule has 0 unspecified atom stereocenters. The molecule has 1 heterocycles. The highest BCUT2D eigenvalue weighted by molar-refractivity contribution is 6.30. The summed E-state index contributed by atoms with van der Waals surface area (Å²) >= 11 is 5.91. The molecule has 0 aliphatic carbocycles. The van der Waals surface area contributed by atoms with Crippen molar-refractivity contribution in [3.63, 3.8) is 0 Å². The van der Waals surface area contributed by atoms with Gasteiger partial charge in [-0.25, -0.2) is 0 Å². The molecule has 0 spiro atoms. The minimum absolute atomic E-state index is 0.666. The van der Waals surface area contributed by atoms with Crippen molar-refractivity contribution < 1.29 is 4.74 Å². The van der Waals surface area contributed by atoms with Gasteiger partial charge in [0.15, 0.2) is 0 Å². The smallest absolute Gasteiger partial charge is 0.129 e. The molecular weight excluding hydrogens is 346 g/mol. The van der Waals surface area contributed by atoms with Crippen molar-refractivity contribution in [2.24, 2.45) is 0 Å². The van der Waals surface area contributed by atoms with Gasteiger partial charge in [-0.1, -0.05) is 35.9 Å². The van der Waals surface area contributed by atoms with Crippen LogP contribution in [0.25, 0.3) is 23.1 Å². The van der Waals surface area contributed by atoms with Gasteiger partial charge in [-0.05, 0) is 48.0 Å². The normalized spacial score (nSPS) is 11.3. The molecule has 0 saturated heterocycles. The third-order valence-corrected chi connectivity index (χ3v) is 4.21. The van der Waals surface area contributed by atoms with Gasteiger partial charge in [-0.2, -0.15) is 5.10 Å². The predicted octanol–water partition coefficient (Wildman–Crippen LogP) is 5.76. The van der Waals surface area contributed by atoms with E-state index in [0.717, 1.165) is 32.9 Å². The molecule has 3 N–H and O–H groups in total. The zero-order valence-electron chi connectivity index (χ0n) is 13.8. The van der Waals surface area contributed by atoms with Gasteiger partial charge in [0.1, 0.15) is 11.5 Å². The average Bonchev–Trinajstić information content (AvgIpc) is 3.04. The molecule has 4 rings (SSSR count). The minimum atomic E-state index is 0.666. The largest absolute Gasteiger partial charge is 0.457 e. The van der Waals surface area contributed by atoms with E-state index in [-0.39, 0.29) is 0 Å². The summed E-state index contributed by atoms with van der Waals surface area (Å²) in [6, 6.07) is 20.8. The Bertz CT molecular complexity index is 1080. The van der Waals surface area contributed by atoms with E-state index in [2.05, 4.69) is 10.2 Å². The number of nitrogens with two attached hydrogens (primary N) is 1. The van der Waals surface area contributed by atoms with Crippen LogP contribution in [0.4, 0.5) is 5.69 Å². The van der Waals surface area contributed by atoms with Crippen LogP contribution in [-0.4, -0.2) is 10.2 Å². The lowest BCUT2D eigenvalue weighted by molar-refractivity contribution is 0.483. The molecule has 128 valence electrons. The van der Waals surface area contributed by atoms with Crippen LogP contribution in [0.15, 0.2) is 66.7 Å². The number of halogens is 1. The van der Waals surface area contributed by atoms with Gasteiger partial charge in [0.25, 0.3) is 0 Å². The SMILES string of the molecule is Nc1cccc(Oc2ccc3c(C=Cc4ccc(Cl)cc4)n[nH]c3c2)c1. The first-order valence-corrected chi connectivity index (χ1v) is 8.50. The van der Waals surface area contributed by atoms with Crippen LogP contribution < -0.4 is 10.5 Å². The molecule has 3 aromatic carbocycles. The fraction of sp³-hybridized carbons (Fsp3) is 0. The molecule has 0 amide bonds. The number of fused-ring (bicyclic) bond motifs is 1. The molecule has 0 radical (unpaired) electrons. The zero-order chi connectivity index (χ0) is 17.9. The van der Waals surface area contributed by atoms with Gasteiger partial charge in [-0.3, -0.25) is 5.10 Å². The van der Waals surface area contributed by atoms with Gasteiger partial charge >= 0.3 is 0 Å². The van der Waals surface area contributed by atoms with Gasteiger partial charge in [0.05, 0.1) is 11.2 Å². The molecule has 4 nitrogen and oxygen atoms in total. The molecule has 4 aromatic rings. The summed E-state index contributed by atoms with van der Waals surface area (Å²) in [6.07, 6.45) is 3.98. The Hall–Kier alpha value is -3.24. The Morgan fingerprint density at radius 2 is 1.73 bits per heavy atom. The van der Waals surface area contributed by atoms with Crippen molar-refractivity contribution in [2.45, 2.75) is 0 Å². The molecule has 0 fully saturated rings. The molecule has 0 aliphatic rings. The lowest BCUT2D eigenvalue weighted by Gasteiger charge is -2.06. The van der Waals surface area contributed by atoms with Crippen molar-refractivity contribution in [3.8, 4) is 11.5 Å². The van der Waals surface area contributed by atoms with E-state index in [0.29, 0.717) is 11.4 Å². The second-order valence-corrected chi connectivity index (χ2v) is 6.31. The lowest BCUT2D eigenvalue weighted by Crippen LogP contribution is -1.87. The number of nitrogens with zero attached hydrogens (tertiary/aromatic N) is 1. The van der Waals surface area contributed by atoms with E-state index in [1.54, 1.807) is 6.07 Å². The van der Waals surface area contributed by atoms with Crippen molar-refractivity contribution >= 4 is 40.3 Å². The second-order valence-electron chi connectivity index (χ2n) is 5.88. The maximum atomic E-state index is 5.91. The van der Waals surface area contributed by atoms with Gasteiger partial charge in [-0.15, -0.1) is 0 Å². The van der Waals surface area contributed by atoms with Gasteiger partial charge in [0.2, 0.25) is 0 Å². The Kier molecular flexibility index (Phi) is 4.33. The number of nitrogen functional groups attached to an aromatic ring is 1. The highest BCUT2D eigenvalue weighted by Gasteiger charge is 2.05. The van der Waals surface area contributed by atoms with E-state index in [1.807, 2.05) is 72.8 Å². The zero-order valence-corrected chi connectivity index (χ0v) is 14.6. The van der Waals surface area contributed by atoms with E-state index < -0.39 is 0 Å². The molecule has 0 bridgehead atoms. The van der Waals surface area contributed by atoms with Gasteiger partial charge < -0.3 is 10.5 Å². The number of hydrogen-bond acceptors (Lipinski definition) is 3. The van der Waals surface area contributed by atoms with Crippen molar-refractivity contribution in [1.29, 1.82) is 0 Å². The second kappa shape index (κ2) is 6.94. The fourth-order valence-corrected chi connectivity index (χ4v) is 2.80. The Morgan fingerprint density at radius 1 is 0.923 bits per heavy atom. The van der Waals surface area contributed by atoms with Crippen molar-refractivity contribution in [3.05, 3.63) is 83.0 Å². The summed E-state index contributed by atoms with van der Waals surface area (Å²) in [7, 11) is 0. The Morgan fingerprint density at radius 3 is 2.54 bits per heavy atom. The number of aromatic nitrogens is 2. The van der Waals surface area contributed by atoms with Crippen LogP contribution in [0.5, 0.6) is 11.5 Å². The summed E-state index contributed by atoms with van der Waals surface area (Å²) in [5.74, 6) is 1.42. The highest BCUT2D eigenvalue weighted by Crippen LogP contribution is 2.27.